The Morgan fingerprint density at radius 1 is 0.900 bits per heavy atom. The fourth-order valence-corrected chi connectivity index (χ4v) is 4.25. The molecule has 0 fully saturated rings. The van der Waals surface area contributed by atoms with E-state index < -0.39 is 10.0 Å². The van der Waals surface area contributed by atoms with E-state index in [0.29, 0.717) is 11.3 Å². The van der Waals surface area contributed by atoms with E-state index in [4.69, 9.17) is 10.1 Å². The second kappa shape index (κ2) is 8.33. The van der Waals surface area contributed by atoms with Gasteiger partial charge in [0.1, 0.15) is 5.75 Å². The lowest BCUT2D eigenvalue weighted by Gasteiger charge is -2.23. The van der Waals surface area contributed by atoms with E-state index in [-0.39, 0.29) is 11.4 Å². The Labute approximate surface area is 174 Å². The lowest BCUT2D eigenvalue weighted by Crippen LogP contribution is -2.34. The summed E-state index contributed by atoms with van der Waals surface area (Å²) >= 11 is 0. The van der Waals surface area contributed by atoms with Crippen LogP contribution in [0.25, 0.3) is 10.9 Å². The Bertz CT molecular complexity index is 1310. The number of pyridine rings is 1. The van der Waals surface area contributed by atoms with Crippen molar-refractivity contribution in [3.63, 3.8) is 0 Å². The Morgan fingerprint density at radius 2 is 1.60 bits per heavy atom. The van der Waals surface area contributed by atoms with Gasteiger partial charge in [-0.25, -0.2) is 8.42 Å². The van der Waals surface area contributed by atoms with Crippen molar-refractivity contribution in [1.82, 2.24) is 9.45 Å². The molecule has 0 N–H and O–H groups in total. The van der Waals surface area contributed by atoms with E-state index >= 15 is 0 Å². The smallest absolute Gasteiger partial charge is 0.274 e. The summed E-state index contributed by atoms with van der Waals surface area (Å²) in [5.41, 5.74) is 1.99. The summed E-state index contributed by atoms with van der Waals surface area (Å²) in [5.74, 6) is 0.312. The molecule has 0 atom stereocenters. The van der Waals surface area contributed by atoms with Gasteiger partial charge in [0, 0.05) is 11.6 Å². The van der Waals surface area contributed by atoms with Crippen molar-refractivity contribution in [2.45, 2.75) is 11.4 Å². The molecule has 0 aliphatic rings. The highest BCUT2D eigenvalue weighted by atomic mass is 32.2. The predicted molar refractivity (Wildman–Crippen MR) is 113 cm³/mol. The third-order valence-electron chi connectivity index (χ3n) is 4.54. The number of para-hydroxylation sites is 1. The van der Waals surface area contributed by atoms with Crippen LogP contribution in [0.5, 0.6) is 5.75 Å². The van der Waals surface area contributed by atoms with E-state index in [0.717, 1.165) is 20.9 Å². The standard InChI is InChI=1S/C23H17N3O3S/c24-16-18-10-12-20(13-11-18)29-26(30(27,28)21-6-2-1-3-7-21)17-19-14-15-25-23-9-5-4-8-22(19)23/h1-15H,17H2. The molecule has 0 aliphatic heterocycles. The molecule has 4 rings (SSSR count). The molecule has 0 amide bonds. The Kier molecular flexibility index (Phi) is 5.44. The van der Waals surface area contributed by atoms with Gasteiger partial charge in [0.05, 0.1) is 28.6 Å². The van der Waals surface area contributed by atoms with E-state index in [2.05, 4.69) is 4.98 Å². The maximum Gasteiger partial charge on any atom is 0.274 e. The van der Waals surface area contributed by atoms with E-state index in [9.17, 15) is 8.42 Å². The molecule has 4 aromatic rings. The third-order valence-corrected chi connectivity index (χ3v) is 6.15. The van der Waals surface area contributed by atoms with Gasteiger partial charge < -0.3 is 4.84 Å². The number of sulfonamides is 1. The summed E-state index contributed by atoms with van der Waals surface area (Å²) in [6.45, 7) is -0.0136. The number of benzene rings is 3. The highest BCUT2D eigenvalue weighted by molar-refractivity contribution is 7.89. The molecular weight excluding hydrogens is 398 g/mol. The number of aromatic nitrogens is 1. The minimum absolute atomic E-state index is 0.0136. The number of fused-ring (bicyclic) bond motifs is 1. The molecule has 6 nitrogen and oxygen atoms in total. The summed E-state index contributed by atoms with van der Waals surface area (Å²) in [6, 6.07) is 25.7. The van der Waals surface area contributed by atoms with Crippen LogP contribution in [-0.4, -0.2) is 17.9 Å². The quantitative estimate of drug-likeness (QED) is 0.439. The van der Waals surface area contributed by atoms with Crippen LogP contribution in [0.4, 0.5) is 0 Å². The molecule has 0 spiro atoms. The van der Waals surface area contributed by atoms with Gasteiger partial charge in [-0.05, 0) is 58.6 Å². The van der Waals surface area contributed by atoms with E-state index in [1.54, 1.807) is 54.7 Å². The SMILES string of the molecule is N#Cc1ccc(ON(Cc2ccnc3ccccc23)S(=O)(=O)c2ccccc2)cc1. The Hall–Kier alpha value is -3.73. The van der Waals surface area contributed by atoms with Crippen molar-refractivity contribution in [1.29, 1.82) is 5.26 Å². The van der Waals surface area contributed by atoms with Gasteiger partial charge in [0.15, 0.2) is 0 Å². The summed E-state index contributed by atoms with van der Waals surface area (Å²) in [6.07, 6.45) is 1.65. The minimum atomic E-state index is -3.96. The third kappa shape index (κ3) is 4.01. The largest absolute Gasteiger partial charge is 0.391 e. The maximum absolute atomic E-state index is 13.3. The second-order valence-corrected chi connectivity index (χ2v) is 8.32. The van der Waals surface area contributed by atoms with Crippen molar-refractivity contribution >= 4 is 20.9 Å². The van der Waals surface area contributed by atoms with Gasteiger partial charge >= 0.3 is 0 Å². The summed E-state index contributed by atoms with van der Waals surface area (Å²) in [7, 11) is -3.96. The summed E-state index contributed by atoms with van der Waals surface area (Å²) < 4.78 is 27.6. The highest BCUT2D eigenvalue weighted by Gasteiger charge is 2.27. The van der Waals surface area contributed by atoms with Crippen molar-refractivity contribution in [2.75, 3.05) is 0 Å². The van der Waals surface area contributed by atoms with Crippen molar-refractivity contribution in [2.24, 2.45) is 0 Å². The second-order valence-electron chi connectivity index (χ2n) is 6.49. The Morgan fingerprint density at radius 3 is 2.33 bits per heavy atom. The molecule has 1 heterocycles. The van der Waals surface area contributed by atoms with E-state index in [1.165, 1.54) is 12.1 Å². The average molecular weight is 415 g/mol. The first-order chi connectivity index (χ1) is 14.6. The van der Waals surface area contributed by atoms with Crippen LogP contribution in [0.2, 0.25) is 0 Å². The predicted octanol–water partition coefficient (Wildman–Crippen LogP) is 4.29. The van der Waals surface area contributed by atoms with Gasteiger partial charge in [-0.1, -0.05) is 36.4 Å². The summed E-state index contributed by atoms with van der Waals surface area (Å²) in [5, 5.41) is 9.82. The number of hydrogen-bond donors (Lipinski definition) is 0. The van der Waals surface area contributed by atoms with E-state index in [1.807, 2.05) is 30.3 Å². The molecule has 0 bridgehead atoms. The first-order valence-electron chi connectivity index (χ1n) is 9.16. The van der Waals surface area contributed by atoms with Gasteiger partial charge in [0.2, 0.25) is 0 Å². The normalized spacial score (nSPS) is 11.3. The number of nitrogens with zero attached hydrogens (tertiary/aromatic N) is 3. The van der Waals surface area contributed by atoms with Crippen LogP contribution in [0.15, 0.2) is 96.0 Å². The zero-order chi connectivity index (χ0) is 21.0. The molecule has 3 aromatic carbocycles. The molecule has 0 radical (unpaired) electrons. The number of hydroxylamine groups is 1. The molecule has 0 saturated carbocycles. The van der Waals surface area contributed by atoms with Crippen molar-refractivity contribution in [3.8, 4) is 11.8 Å². The fourth-order valence-electron chi connectivity index (χ4n) is 3.02. The van der Waals surface area contributed by atoms with Gasteiger partial charge in [-0.2, -0.15) is 5.26 Å². The van der Waals surface area contributed by atoms with Gasteiger partial charge in [0.25, 0.3) is 10.0 Å². The van der Waals surface area contributed by atoms with Crippen LogP contribution in [-0.2, 0) is 16.6 Å². The lowest BCUT2D eigenvalue weighted by atomic mass is 10.1. The zero-order valence-corrected chi connectivity index (χ0v) is 16.7. The van der Waals surface area contributed by atoms with Gasteiger partial charge in [-0.15, -0.1) is 0 Å². The van der Waals surface area contributed by atoms with Crippen LogP contribution < -0.4 is 4.84 Å². The first kappa shape index (κ1) is 19.6. The molecule has 0 unspecified atom stereocenters. The number of hydrogen-bond acceptors (Lipinski definition) is 5. The topological polar surface area (TPSA) is 83.3 Å². The molecule has 7 heteroatoms. The maximum atomic E-state index is 13.3. The summed E-state index contributed by atoms with van der Waals surface area (Å²) in [4.78, 5) is 10.3. The minimum Gasteiger partial charge on any atom is -0.391 e. The molecule has 1 aromatic heterocycles. The molecule has 30 heavy (non-hydrogen) atoms. The van der Waals surface area contributed by atoms with Crippen LogP contribution in [0.1, 0.15) is 11.1 Å². The average Bonchev–Trinajstić information content (AvgIpc) is 2.80. The zero-order valence-electron chi connectivity index (χ0n) is 15.8. The van der Waals surface area contributed by atoms with Crippen molar-refractivity contribution < 1.29 is 13.3 Å². The Balaban J connectivity index is 1.75. The molecule has 0 aliphatic carbocycles. The van der Waals surface area contributed by atoms with Gasteiger partial charge in [-0.3, -0.25) is 4.98 Å². The van der Waals surface area contributed by atoms with Crippen molar-refractivity contribution in [3.05, 3.63) is 102 Å². The number of nitriles is 1. The first-order valence-corrected chi connectivity index (χ1v) is 10.6. The van der Waals surface area contributed by atoms with Crippen LogP contribution in [0, 0.1) is 11.3 Å². The lowest BCUT2D eigenvalue weighted by molar-refractivity contribution is 0.0284. The van der Waals surface area contributed by atoms with Crippen LogP contribution >= 0.6 is 0 Å². The highest BCUT2D eigenvalue weighted by Crippen LogP contribution is 2.25. The van der Waals surface area contributed by atoms with Crippen LogP contribution in [0.3, 0.4) is 0 Å². The molecule has 0 saturated heterocycles. The molecule has 148 valence electrons. The fraction of sp³-hybridized carbons (Fsp3) is 0.0435. The molecular formula is C23H17N3O3S. The number of rotatable bonds is 6. The monoisotopic (exact) mass is 415 g/mol.